The van der Waals surface area contributed by atoms with Crippen LogP contribution in [0.15, 0.2) is 0 Å². The van der Waals surface area contributed by atoms with Crippen molar-refractivity contribution < 1.29 is 19.3 Å². The molecule has 0 spiro atoms. The lowest BCUT2D eigenvalue weighted by molar-refractivity contribution is -0.238. The van der Waals surface area contributed by atoms with Gasteiger partial charge in [0.25, 0.3) is 0 Å². The van der Waals surface area contributed by atoms with Gasteiger partial charge in [0.05, 0.1) is 12.2 Å². The summed E-state index contributed by atoms with van der Waals surface area (Å²) in [6.45, 7) is 7.85. The third-order valence-corrected chi connectivity index (χ3v) is 3.63. The highest BCUT2D eigenvalue weighted by Gasteiger charge is 2.58. The maximum Gasteiger partial charge on any atom is 0.188 e. The van der Waals surface area contributed by atoms with Gasteiger partial charge < -0.3 is 19.3 Å². The van der Waals surface area contributed by atoms with Crippen molar-refractivity contribution in [2.24, 2.45) is 5.92 Å². The Morgan fingerprint density at radius 3 is 2.33 bits per heavy atom. The van der Waals surface area contributed by atoms with E-state index in [1.807, 2.05) is 20.8 Å². The van der Waals surface area contributed by atoms with Crippen molar-refractivity contribution in [3.8, 4) is 0 Å². The second kappa shape index (κ2) is 3.42. The molecule has 2 saturated heterocycles. The topological polar surface area (TPSA) is 47.9 Å². The van der Waals surface area contributed by atoms with Gasteiger partial charge in [0, 0.05) is 5.92 Å². The molecule has 0 saturated carbocycles. The summed E-state index contributed by atoms with van der Waals surface area (Å²) in [5.41, 5.74) is -0.494. The first kappa shape index (κ1) is 11.3. The van der Waals surface area contributed by atoms with Gasteiger partial charge in [0.15, 0.2) is 12.1 Å². The zero-order chi connectivity index (χ0) is 11.3. The Morgan fingerprint density at radius 2 is 1.87 bits per heavy atom. The predicted molar refractivity (Wildman–Crippen MR) is 54.2 cm³/mol. The Kier molecular flexibility index (Phi) is 2.58. The van der Waals surface area contributed by atoms with E-state index in [2.05, 4.69) is 6.92 Å². The van der Waals surface area contributed by atoms with E-state index in [9.17, 15) is 5.11 Å². The minimum absolute atomic E-state index is 0.0187. The van der Waals surface area contributed by atoms with Crippen LogP contribution >= 0.6 is 0 Å². The summed E-state index contributed by atoms with van der Waals surface area (Å²) < 4.78 is 17.3. The molecule has 0 amide bonds. The Balaban J connectivity index is 2.17. The Morgan fingerprint density at radius 1 is 1.20 bits per heavy atom. The fourth-order valence-corrected chi connectivity index (χ4v) is 2.52. The lowest BCUT2D eigenvalue weighted by atomic mass is 9.86. The van der Waals surface area contributed by atoms with E-state index in [0.29, 0.717) is 0 Å². The van der Waals surface area contributed by atoms with Crippen LogP contribution in [0, 0.1) is 5.92 Å². The van der Waals surface area contributed by atoms with Crippen LogP contribution in [0.5, 0.6) is 0 Å². The van der Waals surface area contributed by atoms with E-state index in [1.54, 1.807) is 0 Å². The highest BCUT2D eigenvalue weighted by Crippen LogP contribution is 2.46. The molecule has 4 atom stereocenters. The zero-order valence-electron chi connectivity index (χ0n) is 9.82. The van der Waals surface area contributed by atoms with Gasteiger partial charge in [-0.1, -0.05) is 13.8 Å². The molecule has 2 rings (SSSR count). The highest BCUT2D eigenvalue weighted by molar-refractivity contribution is 4.99. The van der Waals surface area contributed by atoms with Gasteiger partial charge in [-0.15, -0.1) is 0 Å². The average Bonchev–Trinajstić information content (AvgIpc) is 2.59. The average molecular weight is 216 g/mol. The highest BCUT2D eigenvalue weighted by atomic mass is 16.8. The smallest absolute Gasteiger partial charge is 0.188 e. The van der Waals surface area contributed by atoms with Crippen LogP contribution in [-0.2, 0) is 14.2 Å². The van der Waals surface area contributed by atoms with Gasteiger partial charge in [-0.3, -0.25) is 0 Å². The van der Waals surface area contributed by atoms with Crippen molar-refractivity contribution in [3.63, 3.8) is 0 Å². The van der Waals surface area contributed by atoms with E-state index in [0.717, 1.165) is 6.42 Å². The molecule has 0 bridgehead atoms. The molecule has 2 heterocycles. The first-order chi connectivity index (χ1) is 6.94. The minimum Gasteiger partial charge on any atom is -0.393 e. The number of aliphatic hydroxyl groups is 1. The first-order valence-corrected chi connectivity index (χ1v) is 5.58. The first-order valence-electron chi connectivity index (χ1n) is 5.58. The maximum atomic E-state index is 9.44. The van der Waals surface area contributed by atoms with Crippen molar-refractivity contribution in [1.82, 2.24) is 0 Å². The normalized spacial score (nSPS) is 48.2. The SMILES string of the molecule is CCC1(CO)O[C@@H]2OC(C)(C)O[C@@H]2[C@@H]1C. The van der Waals surface area contributed by atoms with E-state index in [4.69, 9.17) is 14.2 Å². The van der Waals surface area contributed by atoms with Crippen LogP contribution in [0.2, 0.25) is 0 Å². The van der Waals surface area contributed by atoms with Crippen LogP contribution < -0.4 is 0 Å². The monoisotopic (exact) mass is 216 g/mol. The molecule has 15 heavy (non-hydrogen) atoms. The largest absolute Gasteiger partial charge is 0.393 e. The van der Waals surface area contributed by atoms with E-state index < -0.39 is 11.4 Å². The van der Waals surface area contributed by atoms with E-state index in [-0.39, 0.29) is 24.9 Å². The van der Waals surface area contributed by atoms with Gasteiger partial charge in [0.1, 0.15) is 6.10 Å². The molecule has 4 nitrogen and oxygen atoms in total. The molecule has 2 fully saturated rings. The summed E-state index contributed by atoms with van der Waals surface area (Å²) in [5, 5.41) is 9.44. The van der Waals surface area contributed by atoms with Crippen molar-refractivity contribution in [1.29, 1.82) is 0 Å². The second-order valence-electron chi connectivity index (χ2n) is 4.95. The fourth-order valence-electron chi connectivity index (χ4n) is 2.52. The van der Waals surface area contributed by atoms with Crippen LogP contribution in [0.4, 0.5) is 0 Å². The zero-order valence-corrected chi connectivity index (χ0v) is 9.82. The molecule has 0 radical (unpaired) electrons. The molecular formula is C11H20O4. The van der Waals surface area contributed by atoms with Crippen molar-refractivity contribution in [2.75, 3.05) is 6.61 Å². The van der Waals surface area contributed by atoms with E-state index >= 15 is 0 Å². The maximum absolute atomic E-state index is 9.44. The number of fused-ring (bicyclic) bond motifs is 1. The number of ether oxygens (including phenoxy) is 3. The molecule has 0 aliphatic carbocycles. The van der Waals surface area contributed by atoms with Crippen LogP contribution in [0.25, 0.3) is 0 Å². The number of aliphatic hydroxyl groups excluding tert-OH is 1. The van der Waals surface area contributed by atoms with E-state index in [1.165, 1.54) is 0 Å². The Labute approximate surface area is 90.5 Å². The van der Waals surface area contributed by atoms with Gasteiger partial charge in [-0.25, -0.2) is 0 Å². The van der Waals surface area contributed by atoms with Crippen LogP contribution in [-0.4, -0.2) is 35.5 Å². The summed E-state index contributed by atoms with van der Waals surface area (Å²) >= 11 is 0. The summed E-state index contributed by atoms with van der Waals surface area (Å²) in [6, 6.07) is 0. The van der Waals surface area contributed by atoms with Crippen molar-refractivity contribution in [3.05, 3.63) is 0 Å². The molecule has 88 valence electrons. The molecule has 2 aliphatic rings. The summed E-state index contributed by atoms with van der Waals surface area (Å²) in [5.74, 6) is -0.418. The molecule has 4 heteroatoms. The van der Waals surface area contributed by atoms with Gasteiger partial charge >= 0.3 is 0 Å². The van der Waals surface area contributed by atoms with Gasteiger partial charge in [0.2, 0.25) is 0 Å². The lowest BCUT2D eigenvalue weighted by Crippen LogP contribution is -2.42. The number of hydrogen-bond donors (Lipinski definition) is 1. The summed E-state index contributed by atoms with van der Waals surface area (Å²) in [7, 11) is 0. The van der Waals surface area contributed by atoms with Crippen molar-refractivity contribution in [2.45, 2.75) is 57.9 Å². The molecule has 1 N–H and O–H groups in total. The predicted octanol–water partition coefficient (Wildman–Crippen LogP) is 1.27. The quantitative estimate of drug-likeness (QED) is 0.755. The minimum atomic E-state index is -0.570. The molecule has 0 aromatic rings. The van der Waals surface area contributed by atoms with Gasteiger partial charge in [-0.2, -0.15) is 0 Å². The molecule has 1 unspecified atom stereocenters. The molecule has 0 aromatic heterocycles. The summed E-state index contributed by atoms with van der Waals surface area (Å²) in [6.07, 6.45) is 0.374. The van der Waals surface area contributed by atoms with Crippen molar-refractivity contribution >= 4 is 0 Å². The summed E-state index contributed by atoms with van der Waals surface area (Å²) in [4.78, 5) is 0. The lowest BCUT2D eigenvalue weighted by Gasteiger charge is -2.32. The molecular weight excluding hydrogens is 196 g/mol. The second-order valence-corrected chi connectivity index (χ2v) is 4.95. The van der Waals surface area contributed by atoms with Gasteiger partial charge in [-0.05, 0) is 20.3 Å². The van der Waals surface area contributed by atoms with Crippen LogP contribution in [0.3, 0.4) is 0 Å². The Hall–Kier alpha value is -0.160. The molecule has 2 aliphatic heterocycles. The fraction of sp³-hybridized carbons (Fsp3) is 1.00. The van der Waals surface area contributed by atoms with Crippen LogP contribution in [0.1, 0.15) is 34.1 Å². The molecule has 0 aromatic carbocycles. The third-order valence-electron chi connectivity index (χ3n) is 3.63. The number of rotatable bonds is 2. The number of hydrogen-bond acceptors (Lipinski definition) is 4. The standard InChI is InChI=1S/C11H20O4/c1-5-11(6-12)7(2)8-9(15-11)14-10(3,4)13-8/h7-9,12H,5-6H2,1-4H3/t7-,8+,9-,11?/m0/s1. The third kappa shape index (κ3) is 1.60. The Bertz CT molecular complexity index is 247.